The third kappa shape index (κ3) is 5.76. The quantitative estimate of drug-likeness (QED) is 0.381. The van der Waals surface area contributed by atoms with Crippen LogP contribution in [0.1, 0.15) is 43.3 Å². The van der Waals surface area contributed by atoms with E-state index in [-0.39, 0.29) is 23.1 Å². The van der Waals surface area contributed by atoms with Crippen molar-refractivity contribution in [3.63, 3.8) is 0 Å². The first-order valence-corrected chi connectivity index (χ1v) is 12.3. The molecule has 1 unspecified atom stereocenters. The number of ether oxygens (including phenoxy) is 1. The summed E-state index contributed by atoms with van der Waals surface area (Å²) in [7, 11) is 0. The lowest BCUT2D eigenvalue weighted by Gasteiger charge is -2.30. The summed E-state index contributed by atoms with van der Waals surface area (Å²) in [4.78, 5) is 15.1. The van der Waals surface area contributed by atoms with Crippen molar-refractivity contribution in [1.29, 1.82) is 0 Å². The highest BCUT2D eigenvalue weighted by Gasteiger charge is 2.25. The Balaban J connectivity index is 1.61. The maximum Gasteiger partial charge on any atom is 0.231 e. The normalized spacial score (nSPS) is 15.9. The predicted molar refractivity (Wildman–Crippen MR) is 142 cm³/mol. The molecule has 4 rings (SSSR count). The minimum Gasteiger partial charge on any atom is -0.472 e. The van der Waals surface area contributed by atoms with Gasteiger partial charge in [0.25, 0.3) is 0 Å². The van der Waals surface area contributed by atoms with Crippen molar-refractivity contribution in [2.24, 2.45) is 4.99 Å². The van der Waals surface area contributed by atoms with Crippen LogP contribution in [0.5, 0.6) is 0 Å². The van der Waals surface area contributed by atoms with Gasteiger partial charge in [0, 0.05) is 29.6 Å². The third-order valence-corrected chi connectivity index (χ3v) is 6.45. The Morgan fingerprint density at radius 3 is 2.51 bits per heavy atom. The maximum atomic E-state index is 14.1. The van der Waals surface area contributed by atoms with E-state index in [9.17, 15) is 13.9 Å². The van der Waals surface area contributed by atoms with Crippen LogP contribution in [0.3, 0.4) is 0 Å². The van der Waals surface area contributed by atoms with Crippen molar-refractivity contribution in [3.8, 4) is 11.3 Å². The van der Waals surface area contributed by atoms with Gasteiger partial charge in [0.1, 0.15) is 35.0 Å². The van der Waals surface area contributed by atoms with Crippen LogP contribution < -0.4 is 4.90 Å². The predicted octanol–water partition coefficient (Wildman–Crippen LogP) is 6.78. The highest BCUT2D eigenvalue weighted by atomic mass is 35.5. The number of rotatable bonds is 5. The van der Waals surface area contributed by atoms with Gasteiger partial charge in [0.05, 0.1) is 16.4 Å². The molecule has 1 aromatic heterocycles. The Kier molecular flexibility index (Phi) is 7.55. The van der Waals surface area contributed by atoms with Crippen LogP contribution in [0.2, 0.25) is 5.02 Å². The minimum atomic E-state index is -1.20. The molecule has 0 aliphatic carbocycles. The van der Waals surface area contributed by atoms with Gasteiger partial charge in [0.2, 0.25) is 5.90 Å². The average molecular weight is 547 g/mol. The zero-order valence-corrected chi connectivity index (χ0v) is 22.5. The number of aryl methyl sites for hydroxylation is 2. The molecule has 2 heterocycles. The van der Waals surface area contributed by atoms with Crippen LogP contribution >= 0.6 is 23.2 Å². The number of anilines is 1. The standard InChI is InChI=1S/C27H26Cl2F2N4O2/c1-14-8-18(22(31)10-21(14)30)13-37-25-20(29)12-35(16(3)33-25)23-9-17(6-7-19(23)28)24-15(2)11-32-26(34-24)27(4,5)36/h6-12,16,36H,13H2,1-5H3. The van der Waals surface area contributed by atoms with Gasteiger partial charge in [-0.2, -0.15) is 0 Å². The maximum absolute atomic E-state index is 14.1. The van der Waals surface area contributed by atoms with E-state index >= 15 is 0 Å². The van der Waals surface area contributed by atoms with E-state index in [4.69, 9.17) is 27.9 Å². The Hall–Kier alpha value is -3.07. The molecule has 37 heavy (non-hydrogen) atoms. The van der Waals surface area contributed by atoms with E-state index in [2.05, 4.69) is 15.0 Å². The number of hydrogen-bond donors (Lipinski definition) is 1. The average Bonchev–Trinajstić information content (AvgIpc) is 2.82. The second-order valence-corrected chi connectivity index (χ2v) is 10.2. The van der Waals surface area contributed by atoms with Crippen molar-refractivity contribution in [2.45, 2.75) is 53.0 Å². The lowest BCUT2D eigenvalue weighted by Crippen LogP contribution is -2.32. The van der Waals surface area contributed by atoms with Gasteiger partial charge in [-0.15, -0.1) is 0 Å². The molecule has 0 fully saturated rings. The zero-order chi connectivity index (χ0) is 27.1. The number of halogens is 4. The molecule has 0 radical (unpaired) electrons. The molecule has 6 nitrogen and oxygen atoms in total. The first-order chi connectivity index (χ1) is 17.3. The first-order valence-electron chi connectivity index (χ1n) is 11.5. The van der Waals surface area contributed by atoms with E-state index in [1.807, 2.05) is 26.0 Å². The Bertz CT molecular complexity index is 1420. The number of aliphatic imine (C=N–C) groups is 1. The summed E-state index contributed by atoms with van der Waals surface area (Å²) in [5.74, 6) is -0.879. The highest BCUT2D eigenvalue weighted by molar-refractivity contribution is 6.42. The summed E-state index contributed by atoms with van der Waals surface area (Å²) in [6.07, 6.45) is 2.85. The molecular weight excluding hydrogens is 521 g/mol. The van der Waals surface area contributed by atoms with Gasteiger partial charge >= 0.3 is 0 Å². The summed E-state index contributed by atoms with van der Waals surface area (Å²) < 4.78 is 33.4. The van der Waals surface area contributed by atoms with Crippen molar-refractivity contribution in [3.05, 3.63) is 86.9 Å². The summed E-state index contributed by atoms with van der Waals surface area (Å²) in [5, 5.41) is 11.0. The molecule has 3 aromatic rings. The van der Waals surface area contributed by atoms with Gasteiger partial charge in [-0.3, -0.25) is 0 Å². The van der Waals surface area contributed by atoms with Crippen molar-refractivity contribution in [2.75, 3.05) is 4.90 Å². The molecule has 0 spiro atoms. The molecule has 1 N–H and O–H groups in total. The van der Waals surface area contributed by atoms with Gasteiger partial charge < -0.3 is 14.7 Å². The summed E-state index contributed by atoms with van der Waals surface area (Å²) in [5.41, 5.74) is 2.21. The van der Waals surface area contributed by atoms with Crippen molar-refractivity contribution in [1.82, 2.24) is 9.97 Å². The van der Waals surface area contributed by atoms with E-state index in [1.165, 1.54) is 6.07 Å². The van der Waals surface area contributed by atoms with Crippen LogP contribution in [0.25, 0.3) is 11.3 Å². The number of nitrogens with zero attached hydrogens (tertiary/aromatic N) is 4. The fourth-order valence-electron chi connectivity index (χ4n) is 3.82. The fraction of sp³-hybridized carbons (Fsp3) is 0.296. The molecule has 10 heteroatoms. The molecule has 1 aliphatic heterocycles. The lowest BCUT2D eigenvalue weighted by molar-refractivity contribution is 0.0688. The smallest absolute Gasteiger partial charge is 0.231 e. The van der Waals surface area contributed by atoms with Crippen molar-refractivity contribution >= 4 is 34.8 Å². The molecule has 0 amide bonds. The Morgan fingerprint density at radius 2 is 1.81 bits per heavy atom. The van der Waals surface area contributed by atoms with Gasteiger partial charge in [-0.1, -0.05) is 29.3 Å². The second kappa shape index (κ2) is 10.4. The minimum absolute atomic E-state index is 0.139. The largest absolute Gasteiger partial charge is 0.472 e. The summed E-state index contributed by atoms with van der Waals surface area (Å²) in [6, 6.07) is 7.68. The van der Waals surface area contributed by atoms with E-state index in [0.29, 0.717) is 27.8 Å². The van der Waals surface area contributed by atoms with Gasteiger partial charge in [-0.25, -0.2) is 23.7 Å². The van der Waals surface area contributed by atoms with Crippen LogP contribution in [0, 0.1) is 25.5 Å². The number of aliphatic hydroxyl groups is 1. The van der Waals surface area contributed by atoms with Crippen LogP contribution in [-0.2, 0) is 16.9 Å². The zero-order valence-electron chi connectivity index (χ0n) is 21.0. The molecule has 1 aliphatic rings. The molecular formula is C27H26Cl2F2N4O2. The fourth-order valence-corrected chi connectivity index (χ4v) is 4.24. The third-order valence-electron chi connectivity index (χ3n) is 5.87. The van der Waals surface area contributed by atoms with Gasteiger partial charge in [-0.05, 0) is 63.9 Å². The molecule has 0 saturated carbocycles. The number of benzene rings is 2. The number of aromatic nitrogens is 2. The SMILES string of the molecule is Cc1cc(COC2=NC(C)N(c3cc(-c4nc(C(C)(C)O)ncc4C)ccc3Cl)C=C2Cl)c(F)cc1F. The first kappa shape index (κ1) is 27.0. The van der Waals surface area contributed by atoms with Gasteiger partial charge in [0.15, 0.2) is 5.82 Å². The van der Waals surface area contributed by atoms with E-state index in [0.717, 1.165) is 17.2 Å². The summed E-state index contributed by atoms with van der Waals surface area (Å²) >= 11 is 13.0. The molecule has 1 atom stereocenters. The Labute approximate surface area is 224 Å². The second-order valence-electron chi connectivity index (χ2n) is 9.38. The number of hydrogen-bond acceptors (Lipinski definition) is 6. The highest BCUT2D eigenvalue weighted by Crippen LogP contribution is 2.36. The van der Waals surface area contributed by atoms with Crippen LogP contribution in [0.4, 0.5) is 14.5 Å². The topological polar surface area (TPSA) is 70.8 Å². The van der Waals surface area contributed by atoms with Crippen LogP contribution in [0.15, 0.2) is 52.8 Å². The van der Waals surface area contributed by atoms with E-state index in [1.54, 1.807) is 44.1 Å². The molecule has 194 valence electrons. The lowest BCUT2D eigenvalue weighted by atomic mass is 10.0. The molecule has 2 aromatic carbocycles. The van der Waals surface area contributed by atoms with Crippen molar-refractivity contribution < 1.29 is 18.6 Å². The molecule has 0 bridgehead atoms. The molecule has 0 saturated heterocycles. The monoisotopic (exact) mass is 546 g/mol. The van der Waals surface area contributed by atoms with E-state index < -0.39 is 23.4 Å². The summed E-state index contributed by atoms with van der Waals surface area (Å²) in [6.45, 7) is 8.36. The van der Waals surface area contributed by atoms with Crippen LogP contribution in [-0.4, -0.2) is 27.1 Å². The Morgan fingerprint density at radius 1 is 1.08 bits per heavy atom.